The zero-order chi connectivity index (χ0) is 27.1. The van der Waals surface area contributed by atoms with Crippen molar-refractivity contribution in [2.75, 3.05) is 36.9 Å². The Balaban J connectivity index is 1.33. The van der Waals surface area contributed by atoms with Crippen molar-refractivity contribution in [3.05, 3.63) is 71.5 Å². The van der Waals surface area contributed by atoms with Crippen molar-refractivity contribution in [1.82, 2.24) is 14.9 Å². The van der Waals surface area contributed by atoms with E-state index in [1.807, 2.05) is 24.3 Å². The Hall–Kier alpha value is -3.99. The van der Waals surface area contributed by atoms with Crippen molar-refractivity contribution in [2.24, 2.45) is 0 Å². The van der Waals surface area contributed by atoms with Crippen LogP contribution in [0.15, 0.2) is 54.9 Å². The van der Waals surface area contributed by atoms with Gasteiger partial charge in [0.25, 0.3) is 0 Å². The molecule has 0 unspecified atom stereocenters. The van der Waals surface area contributed by atoms with Gasteiger partial charge < -0.3 is 15.4 Å². The molecule has 0 atom stereocenters. The first kappa shape index (κ1) is 27.1. The topological polar surface area (TPSA) is 96.5 Å². The number of anilines is 3. The number of carbonyl (C=O) groups excluding carboxylic acids is 2. The third kappa shape index (κ3) is 7.51. The molecule has 3 aromatic rings. The summed E-state index contributed by atoms with van der Waals surface area (Å²) in [6.07, 6.45) is 0.416. The maximum absolute atomic E-state index is 12.8. The first-order valence-corrected chi connectivity index (χ1v) is 12.2. The van der Waals surface area contributed by atoms with Crippen LogP contribution in [0.4, 0.5) is 30.5 Å². The fraction of sp³-hybridized carbons (Fsp3) is 0.333. The first-order valence-electron chi connectivity index (χ1n) is 12.2. The van der Waals surface area contributed by atoms with Crippen LogP contribution in [0, 0.1) is 6.92 Å². The lowest BCUT2D eigenvalue weighted by molar-refractivity contribution is -0.167. The van der Waals surface area contributed by atoms with Gasteiger partial charge in [0.2, 0.25) is 5.95 Å². The summed E-state index contributed by atoms with van der Waals surface area (Å²) in [4.78, 5) is 35.0. The number of ether oxygens (including phenoxy) is 1. The Morgan fingerprint density at radius 2 is 1.76 bits per heavy atom. The first-order chi connectivity index (χ1) is 18.2. The van der Waals surface area contributed by atoms with Crippen molar-refractivity contribution in [2.45, 2.75) is 32.4 Å². The van der Waals surface area contributed by atoms with Crippen molar-refractivity contribution < 1.29 is 27.5 Å². The number of aromatic nitrogens is 2. The van der Waals surface area contributed by atoms with Crippen LogP contribution in [-0.2, 0) is 11.2 Å². The van der Waals surface area contributed by atoms with Crippen LogP contribution < -0.4 is 15.4 Å². The highest BCUT2D eigenvalue weighted by Crippen LogP contribution is 2.23. The molecular weight excluding hydrogens is 499 g/mol. The number of alkyl halides is 3. The number of Topliss-reactive ketones (excluding diaryl/α,β-unsaturated/α-hetero) is 1. The van der Waals surface area contributed by atoms with E-state index in [0.717, 1.165) is 31.1 Å². The minimum Gasteiger partial charge on any atom is -0.492 e. The van der Waals surface area contributed by atoms with Gasteiger partial charge in [-0.05, 0) is 68.2 Å². The molecular formula is C27H28F3N5O3. The number of halogens is 3. The molecule has 4 rings (SSSR count). The SMILES string of the molecule is Cc1ccc(NC(=O)C(F)(F)F)cc1C(=O)Cc1cnc(Nc2cccc(OCCN3CCCC3)c2)nc1. The van der Waals surface area contributed by atoms with Crippen LogP contribution >= 0.6 is 0 Å². The number of nitrogens with zero attached hydrogens (tertiary/aromatic N) is 3. The smallest absolute Gasteiger partial charge is 0.471 e. The van der Waals surface area contributed by atoms with E-state index >= 15 is 0 Å². The van der Waals surface area contributed by atoms with Gasteiger partial charge in [0.1, 0.15) is 12.4 Å². The Labute approximate surface area is 218 Å². The molecule has 0 bridgehead atoms. The van der Waals surface area contributed by atoms with E-state index in [2.05, 4.69) is 20.2 Å². The maximum atomic E-state index is 12.8. The highest BCUT2D eigenvalue weighted by Gasteiger charge is 2.38. The lowest BCUT2D eigenvalue weighted by Crippen LogP contribution is -2.30. The zero-order valence-electron chi connectivity index (χ0n) is 20.8. The van der Waals surface area contributed by atoms with Crippen LogP contribution in [0.2, 0.25) is 0 Å². The summed E-state index contributed by atoms with van der Waals surface area (Å²) < 4.78 is 43.5. The lowest BCUT2D eigenvalue weighted by atomic mass is 9.99. The zero-order valence-corrected chi connectivity index (χ0v) is 20.8. The van der Waals surface area contributed by atoms with Gasteiger partial charge in [-0.3, -0.25) is 14.5 Å². The number of rotatable bonds is 10. The maximum Gasteiger partial charge on any atom is 0.471 e. The predicted molar refractivity (Wildman–Crippen MR) is 137 cm³/mol. The van der Waals surface area contributed by atoms with Crippen molar-refractivity contribution in [3.63, 3.8) is 0 Å². The number of hydrogen-bond donors (Lipinski definition) is 2. The summed E-state index contributed by atoms with van der Waals surface area (Å²) in [5.41, 5.74) is 1.94. The van der Waals surface area contributed by atoms with E-state index in [1.54, 1.807) is 12.2 Å². The van der Waals surface area contributed by atoms with Gasteiger partial charge in [-0.1, -0.05) is 12.1 Å². The van der Waals surface area contributed by atoms with Crippen LogP contribution in [0.3, 0.4) is 0 Å². The van der Waals surface area contributed by atoms with Gasteiger partial charge in [-0.15, -0.1) is 0 Å². The summed E-state index contributed by atoms with van der Waals surface area (Å²) in [6, 6.07) is 11.5. The monoisotopic (exact) mass is 527 g/mol. The summed E-state index contributed by atoms with van der Waals surface area (Å²) in [6.45, 7) is 5.41. The molecule has 0 radical (unpaired) electrons. The second-order valence-electron chi connectivity index (χ2n) is 9.05. The Morgan fingerprint density at radius 3 is 2.47 bits per heavy atom. The molecule has 2 N–H and O–H groups in total. The average molecular weight is 528 g/mol. The largest absolute Gasteiger partial charge is 0.492 e. The van der Waals surface area contributed by atoms with Gasteiger partial charge in [0, 0.05) is 48.4 Å². The number of hydrogen-bond acceptors (Lipinski definition) is 7. The number of aryl methyl sites for hydroxylation is 1. The summed E-state index contributed by atoms with van der Waals surface area (Å²) in [5.74, 6) is -1.37. The van der Waals surface area contributed by atoms with Crippen molar-refractivity contribution in [1.29, 1.82) is 0 Å². The van der Waals surface area contributed by atoms with Gasteiger partial charge in [-0.25, -0.2) is 9.97 Å². The molecule has 11 heteroatoms. The molecule has 8 nitrogen and oxygen atoms in total. The fourth-order valence-corrected chi connectivity index (χ4v) is 4.08. The van der Waals surface area contributed by atoms with Crippen molar-refractivity contribution >= 4 is 29.0 Å². The second kappa shape index (κ2) is 12.0. The van der Waals surface area contributed by atoms with Crippen LogP contribution in [0.25, 0.3) is 0 Å². The summed E-state index contributed by atoms with van der Waals surface area (Å²) in [5, 5.41) is 4.87. The molecule has 1 aliphatic heterocycles. The van der Waals surface area contributed by atoms with E-state index in [1.165, 1.54) is 43.4 Å². The molecule has 2 aromatic carbocycles. The lowest BCUT2D eigenvalue weighted by Gasteiger charge is -2.15. The van der Waals surface area contributed by atoms with Gasteiger partial charge in [-0.2, -0.15) is 13.2 Å². The summed E-state index contributed by atoms with van der Waals surface area (Å²) in [7, 11) is 0. The fourth-order valence-electron chi connectivity index (χ4n) is 4.08. The molecule has 0 aliphatic carbocycles. The number of carbonyl (C=O) groups is 2. The molecule has 38 heavy (non-hydrogen) atoms. The Kier molecular flexibility index (Phi) is 8.57. The molecule has 0 spiro atoms. The second-order valence-corrected chi connectivity index (χ2v) is 9.05. The standard InChI is InChI=1S/C27H28F3N5O3/c1-18-7-8-21(33-25(37)27(28,29)30)15-23(18)24(36)13-19-16-31-26(32-17-19)34-20-5-4-6-22(14-20)38-12-11-35-9-2-3-10-35/h4-8,14-17H,2-3,9-13H2,1H3,(H,33,37)(H,31,32,34). The minimum atomic E-state index is -5.02. The highest BCUT2D eigenvalue weighted by molar-refractivity contribution is 6.01. The third-order valence-corrected chi connectivity index (χ3v) is 6.09. The number of likely N-dealkylation sites (tertiary alicyclic amines) is 1. The van der Waals surface area contributed by atoms with Crippen LogP contribution in [0.5, 0.6) is 5.75 Å². The molecule has 200 valence electrons. The quantitative estimate of drug-likeness (QED) is 0.361. The molecule has 1 saturated heterocycles. The van der Waals surface area contributed by atoms with Crippen LogP contribution in [0.1, 0.15) is 34.3 Å². The van der Waals surface area contributed by atoms with E-state index in [9.17, 15) is 22.8 Å². The van der Waals surface area contributed by atoms with E-state index in [0.29, 0.717) is 23.7 Å². The molecule has 2 heterocycles. The van der Waals surface area contributed by atoms with Gasteiger partial charge in [0.05, 0.1) is 0 Å². The van der Waals surface area contributed by atoms with Crippen molar-refractivity contribution in [3.8, 4) is 5.75 Å². The molecule has 1 amide bonds. The van der Waals surface area contributed by atoms with Crippen LogP contribution in [-0.4, -0.2) is 59.0 Å². The van der Waals surface area contributed by atoms with Gasteiger partial charge in [0.15, 0.2) is 5.78 Å². The van der Waals surface area contributed by atoms with E-state index in [4.69, 9.17) is 4.74 Å². The van der Waals surface area contributed by atoms with E-state index < -0.39 is 12.1 Å². The summed E-state index contributed by atoms with van der Waals surface area (Å²) >= 11 is 0. The number of amides is 1. The van der Waals surface area contributed by atoms with E-state index in [-0.39, 0.29) is 23.5 Å². The average Bonchev–Trinajstić information content (AvgIpc) is 3.39. The number of nitrogens with one attached hydrogen (secondary N) is 2. The minimum absolute atomic E-state index is 0.0574. The normalized spacial score (nSPS) is 13.8. The molecule has 1 fully saturated rings. The molecule has 1 aliphatic rings. The Morgan fingerprint density at radius 1 is 1.03 bits per heavy atom. The molecule has 0 saturated carbocycles. The Bertz CT molecular complexity index is 1280. The van der Waals surface area contributed by atoms with Gasteiger partial charge >= 0.3 is 12.1 Å². The third-order valence-electron chi connectivity index (χ3n) is 6.09. The number of benzene rings is 2. The number of ketones is 1. The predicted octanol–water partition coefficient (Wildman–Crippen LogP) is 4.93. The molecule has 1 aromatic heterocycles. The highest BCUT2D eigenvalue weighted by atomic mass is 19.4.